The van der Waals surface area contributed by atoms with E-state index in [0.717, 1.165) is 24.4 Å². The SMILES string of the molecule is CC(C)(C)COS(C)(=O)=O.CCOCC(C)(C)C.O=C(c1ccc(Oc2ccc(Sn3cncn3)cc2)cc1)c1cc(Cl)ccc1Cl. The largest absolute Gasteiger partial charge is 0.457 e. The monoisotopic (exact) mass is 723 g/mol. The van der Waals surface area contributed by atoms with Crippen LogP contribution in [0.3, 0.4) is 0 Å². The summed E-state index contributed by atoms with van der Waals surface area (Å²) in [6.45, 7) is 16.2. The zero-order valence-corrected chi connectivity index (χ0v) is 31.1. The summed E-state index contributed by atoms with van der Waals surface area (Å²) in [5.41, 5.74) is 1.11. The van der Waals surface area contributed by atoms with Crippen molar-refractivity contribution in [3.63, 3.8) is 0 Å². The zero-order chi connectivity index (χ0) is 35.3. The van der Waals surface area contributed by atoms with Gasteiger partial charge in [0.2, 0.25) is 0 Å². The van der Waals surface area contributed by atoms with Crippen LogP contribution in [0.4, 0.5) is 0 Å². The molecule has 0 saturated carbocycles. The smallest absolute Gasteiger partial charge is 0.264 e. The van der Waals surface area contributed by atoms with Crippen LogP contribution in [-0.4, -0.2) is 54.4 Å². The number of halogens is 2. The summed E-state index contributed by atoms with van der Waals surface area (Å²) in [5.74, 6) is 1.11. The Morgan fingerprint density at radius 2 is 1.45 bits per heavy atom. The summed E-state index contributed by atoms with van der Waals surface area (Å²) in [5, 5.41) is 4.88. The maximum atomic E-state index is 12.7. The van der Waals surface area contributed by atoms with Crippen molar-refractivity contribution in [2.75, 3.05) is 26.1 Å². The lowest BCUT2D eigenvalue weighted by molar-refractivity contribution is 0.0805. The highest BCUT2D eigenvalue weighted by Gasteiger charge is 2.15. The van der Waals surface area contributed by atoms with E-state index in [0.29, 0.717) is 38.1 Å². The Morgan fingerprint density at radius 3 is 1.89 bits per heavy atom. The summed E-state index contributed by atoms with van der Waals surface area (Å²) in [4.78, 5) is 17.6. The third-order valence-electron chi connectivity index (χ3n) is 5.39. The molecule has 0 aliphatic rings. The predicted octanol–water partition coefficient (Wildman–Crippen LogP) is 9.24. The molecule has 0 atom stereocenters. The van der Waals surface area contributed by atoms with Crippen molar-refractivity contribution in [3.8, 4) is 11.5 Å². The number of benzene rings is 3. The predicted molar refractivity (Wildman–Crippen MR) is 190 cm³/mol. The van der Waals surface area contributed by atoms with Gasteiger partial charge in [-0.15, -0.1) is 5.10 Å². The molecular weight excluding hydrogens is 681 g/mol. The minimum absolute atomic E-state index is 0.0942. The number of rotatable bonds is 10. The van der Waals surface area contributed by atoms with E-state index in [1.165, 1.54) is 18.3 Å². The van der Waals surface area contributed by atoms with E-state index in [4.69, 9.17) is 32.7 Å². The van der Waals surface area contributed by atoms with Gasteiger partial charge in [-0.1, -0.05) is 64.7 Å². The fourth-order valence-electron chi connectivity index (χ4n) is 3.25. The van der Waals surface area contributed by atoms with Crippen molar-refractivity contribution >= 4 is 51.1 Å². The molecule has 0 N–H and O–H groups in total. The van der Waals surface area contributed by atoms with Crippen LogP contribution in [0.15, 0.2) is 84.3 Å². The molecule has 13 heteroatoms. The van der Waals surface area contributed by atoms with Crippen molar-refractivity contribution < 1.29 is 26.9 Å². The summed E-state index contributed by atoms with van der Waals surface area (Å²) in [7, 11) is -3.26. The fourth-order valence-corrected chi connectivity index (χ4v) is 4.86. The second-order valence-corrected chi connectivity index (χ2v) is 16.2. The molecule has 47 heavy (non-hydrogen) atoms. The minimum Gasteiger partial charge on any atom is -0.457 e. The van der Waals surface area contributed by atoms with Gasteiger partial charge in [0, 0.05) is 39.6 Å². The molecule has 0 aliphatic heterocycles. The van der Waals surface area contributed by atoms with Crippen LogP contribution in [0.25, 0.3) is 0 Å². The van der Waals surface area contributed by atoms with Crippen LogP contribution < -0.4 is 4.74 Å². The maximum absolute atomic E-state index is 12.7. The van der Waals surface area contributed by atoms with E-state index in [-0.39, 0.29) is 17.8 Å². The number of aromatic nitrogens is 3. The summed E-state index contributed by atoms with van der Waals surface area (Å²) < 4.78 is 38.2. The highest BCUT2D eigenvalue weighted by Crippen LogP contribution is 2.28. The Bertz CT molecular complexity index is 1640. The number of ketones is 1. The zero-order valence-electron chi connectivity index (χ0n) is 28.0. The molecular formula is C34H43Cl2N3O6S2. The van der Waals surface area contributed by atoms with E-state index in [9.17, 15) is 13.2 Å². The molecule has 1 heterocycles. The number of hydrogen-bond acceptors (Lipinski definition) is 9. The molecule has 256 valence electrons. The first-order valence-electron chi connectivity index (χ1n) is 14.7. The van der Waals surface area contributed by atoms with E-state index in [1.54, 1.807) is 52.9 Å². The molecule has 0 unspecified atom stereocenters. The van der Waals surface area contributed by atoms with E-state index < -0.39 is 10.1 Å². The second-order valence-electron chi connectivity index (χ2n) is 12.7. The van der Waals surface area contributed by atoms with Gasteiger partial charge in [-0.3, -0.25) is 8.98 Å². The molecule has 0 amide bonds. The molecule has 0 aliphatic carbocycles. The lowest BCUT2D eigenvalue weighted by Crippen LogP contribution is -2.17. The molecule has 0 saturated heterocycles. The summed E-state index contributed by atoms with van der Waals surface area (Å²) >= 11 is 13.5. The van der Waals surface area contributed by atoms with Crippen molar-refractivity contribution in [3.05, 3.63) is 101 Å². The number of carbonyl (C=O) groups excluding carboxylic acids is 1. The summed E-state index contributed by atoms with van der Waals surface area (Å²) in [6, 6.07) is 19.3. The van der Waals surface area contributed by atoms with Crippen molar-refractivity contribution in [2.45, 2.75) is 53.4 Å². The maximum Gasteiger partial charge on any atom is 0.264 e. The van der Waals surface area contributed by atoms with Crippen LogP contribution in [0.5, 0.6) is 11.5 Å². The normalized spacial score (nSPS) is 11.5. The number of ether oxygens (including phenoxy) is 2. The molecule has 1 aromatic heterocycles. The van der Waals surface area contributed by atoms with Crippen molar-refractivity contribution in [2.24, 2.45) is 10.8 Å². The van der Waals surface area contributed by atoms with E-state index in [1.807, 2.05) is 52.0 Å². The lowest BCUT2D eigenvalue weighted by Gasteiger charge is -2.16. The van der Waals surface area contributed by atoms with Gasteiger partial charge in [-0.05, 0) is 84.5 Å². The van der Waals surface area contributed by atoms with E-state index in [2.05, 4.69) is 35.0 Å². The van der Waals surface area contributed by atoms with Gasteiger partial charge in [0.05, 0.1) is 24.5 Å². The average molecular weight is 725 g/mol. The van der Waals surface area contributed by atoms with Gasteiger partial charge in [0.1, 0.15) is 24.2 Å². The topological polar surface area (TPSA) is 110 Å². The first-order chi connectivity index (χ1) is 21.8. The van der Waals surface area contributed by atoms with Crippen molar-refractivity contribution in [1.29, 1.82) is 0 Å². The Morgan fingerprint density at radius 1 is 0.872 bits per heavy atom. The average Bonchev–Trinajstić information content (AvgIpc) is 3.50. The van der Waals surface area contributed by atoms with Crippen LogP contribution >= 0.6 is 35.1 Å². The second kappa shape index (κ2) is 18.6. The van der Waals surface area contributed by atoms with Gasteiger partial charge in [0.25, 0.3) is 10.1 Å². The summed E-state index contributed by atoms with van der Waals surface area (Å²) in [6.07, 6.45) is 4.17. The molecule has 3 aromatic carbocycles. The van der Waals surface area contributed by atoms with Gasteiger partial charge < -0.3 is 9.47 Å². The van der Waals surface area contributed by atoms with Gasteiger partial charge in [-0.25, -0.2) is 4.98 Å². The van der Waals surface area contributed by atoms with Crippen LogP contribution in [0.1, 0.15) is 64.4 Å². The van der Waals surface area contributed by atoms with Crippen molar-refractivity contribution in [1.82, 2.24) is 14.2 Å². The first kappa shape index (κ1) is 40.2. The number of carbonyl (C=O) groups is 1. The van der Waals surface area contributed by atoms with Gasteiger partial charge >= 0.3 is 0 Å². The molecule has 0 spiro atoms. The molecule has 0 radical (unpaired) electrons. The Kier molecular flexibility index (Phi) is 15.9. The first-order valence-corrected chi connectivity index (χ1v) is 18.0. The van der Waals surface area contributed by atoms with Crippen LogP contribution in [0.2, 0.25) is 10.0 Å². The van der Waals surface area contributed by atoms with Gasteiger partial charge in [-0.2, -0.15) is 12.5 Å². The quantitative estimate of drug-likeness (QED) is 0.117. The van der Waals surface area contributed by atoms with Crippen LogP contribution in [0, 0.1) is 10.8 Å². The van der Waals surface area contributed by atoms with E-state index >= 15 is 0 Å². The third kappa shape index (κ3) is 17.2. The molecule has 0 bridgehead atoms. The molecule has 9 nitrogen and oxygen atoms in total. The standard InChI is InChI=1S/C21H13Cl2N3O2S.C7H16O.C6H14O3S/c22-15-3-10-20(23)19(11-15)21(27)14-1-4-16(5-2-14)28-17-6-8-18(9-7-17)29-26-13-24-12-25-26;1-5-8-6-7(2,3)4;1-6(2,3)5-9-10(4,7)8/h1-13H;5-6H2,1-4H3;5H2,1-4H3. The Labute approximate surface area is 293 Å². The fraction of sp³-hybridized carbons (Fsp3) is 0.382. The Hall–Kier alpha value is -2.93. The minimum atomic E-state index is -3.26. The third-order valence-corrected chi connectivity index (χ3v) is 7.36. The van der Waals surface area contributed by atoms with Gasteiger partial charge in [0.15, 0.2) is 5.78 Å². The molecule has 4 aromatic rings. The highest BCUT2D eigenvalue weighted by molar-refractivity contribution is 7.97. The molecule has 0 fully saturated rings. The molecule has 4 rings (SSSR count). The number of nitrogens with zero attached hydrogens (tertiary/aromatic N) is 3. The Balaban J connectivity index is 0.000000352. The lowest BCUT2D eigenvalue weighted by atomic mass is 9.99. The highest BCUT2D eigenvalue weighted by atomic mass is 35.5. The van der Waals surface area contributed by atoms with Crippen LogP contribution in [-0.2, 0) is 19.0 Å². The number of hydrogen-bond donors (Lipinski definition) is 0.